The Morgan fingerprint density at radius 1 is 0.848 bits per heavy atom. The number of phenols is 1. The number of rotatable bonds is 5. The Morgan fingerprint density at radius 3 is 2.52 bits per heavy atom. The highest BCUT2D eigenvalue weighted by molar-refractivity contribution is 6.07. The fourth-order valence-corrected chi connectivity index (χ4v) is 3.88. The Morgan fingerprint density at radius 2 is 1.67 bits per heavy atom. The number of aromatic nitrogens is 2. The first-order valence-corrected chi connectivity index (χ1v) is 10.5. The molecule has 0 aliphatic heterocycles. The lowest BCUT2D eigenvalue weighted by molar-refractivity contribution is 0.104. The minimum atomic E-state index is -0.280. The first-order valence-electron chi connectivity index (χ1n) is 10.5. The summed E-state index contributed by atoms with van der Waals surface area (Å²) in [5.41, 5.74) is 3.11. The number of aromatic amines is 1. The molecule has 4 aromatic carbocycles. The zero-order chi connectivity index (χ0) is 22.8. The first-order chi connectivity index (χ1) is 16.1. The molecule has 0 atom stereocenters. The van der Waals surface area contributed by atoms with Crippen LogP contribution in [-0.2, 0) is 0 Å². The maximum absolute atomic E-state index is 12.8. The van der Waals surface area contributed by atoms with Crippen molar-refractivity contribution in [3.05, 3.63) is 125 Å². The van der Waals surface area contributed by atoms with Crippen LogP contribution < -0.4 is 5.69 Å². The minimum Gasteiger partial charge on any atom is -0.508 e. The molecule has 1 heterocycles. The number of benzene rings is 4. The molecule has 0 aliphatic carbocycles. The molecule has 5 rings (SSSR count). The largest absolute Gasteiger partial charge is 0.508 e. The van der Waals surface area contributed by atoms with Crippen LogP contribution in [0, 0.1) is 0 Å². The van der Waals surface area contributed by atoms with Crippen LogP contribution in [0.25, 0.3) is 33.8 Å². The van der Waals surface area contributed by atoms with E-state index in [1.807, 2.05) is 42.5 Å². The first kappa shape index (κ1) is 20.3. The van der Waals surface area contributed by atoms with Crippen molar-refractivity contribution in [2.24, 2.45) is 0 Å². The smallest absolute Gasteiger partial charge is 0.330 e. The molecule has 0 unspecified atom stereocenters. The van der Waals surface area contributed by atoms with Crippen molar-refractivity contribution in [3.63, 3.8) is 0 Å². The van der Waals surface area contributed by atoms with Crippen LogP contribution in [0.3, 0.4) is 0 Å². The molecule has 1 aromatic heterocycles. The number of nitrogens with zero attached hydrogens (tertiary/aromatic N) is 1. The van der Waals surface area contributed by atoms with Gasteiger partial charge in [-0.15, -0.1) is 0 Å². The molecule has 0 radical (unpaired) electrons. The summed E-state index contributed by atoms with van der Waals surface area (Å²) < 4.78 is 1.57. The van der Waals surface area contributed by atoms with Crippen molar-refractivity contribution < 1.29 is 9.90 Å². The van der Waals surface area contributed by atoms with Crippen molar-refractivity contribution in [1.29, 1.82) is 0 Å². The van der Waals surface area contributed by atoms with Crippen molar-refractivity contribution >= 4 is 22.6 Å². The Bertz CT molecular complexity index is 1570. The van der Waals surface area contributed by atoms with Gasteiger partial charge in [0.1, 0.15) is 5.75 Å². The maximum atomic E-state index is 12.8. The number of hydrogen-bond donors (Lipinski definition) is 2. The molecule has 0 fully saturated rings. The normalized spacial score (nSPS) is 11.3. The van der Waals surface area contributed by atoms with Gasteiger partial charge in [-0.3, -0.25) is 9.36 Å². The fraction of sp³-hybridized carbons (Fsp3) is 0. The molecule has 5 heteroatoms. The van der Waals surface area contributed by atoms with Gasteiger partial charge in [0, 0.05) is 17.3 Å². The summed E-state index contributed by atoms with van der Waals surface area (Å²) >= 11 is 0. The summed E-state index contributed by atoms with van der Waals surface area (Å²) in [5, 5.41) is 11.8. The number of fused-ring (bicyclic) bond motifs is 1. The maximum Gasteiger partial charge on any atom is 0.330 e. The molecule has 0 amide bonds. The van der Waals surface area contributed by atoms with E-state index in [1.165, 1.54) is 6.08 Å². The van der Waals surface area contributed by atoms with E-state index in [9.17, 15) is 14.7 Å². The second-order valence-electron chi connectivity index (χ2n) is 7.72. The van der Waals surface area contributed by atoms with Gasteiger partial charge in [0.25, 0.3) is 0 Å². The molecule has 5 aromatic rings. The van der Waals surface area contributed by atoms with Crippen LogP contribution in [-0.4, -0.2) is 20.4 Å². The van der Waals surface area contributed by atoms with Gasteiger partial charge in [0.2, 0.25) is 0 Å². The van der Waals surface area contributed by atoms with Gasteiger partial charge in [-0.1, -0.05) is 66.7 Å². The topological polar surface area (TPSA) is 75.1 Å². The van der Waals surface area contributed by atoms with E-state index in [2.05, 4.69) is 4.98 Å². The second kappa shape index (κ2) is 8.48. The number of ketones is 1. The third-order valence-electron chi connectivity index (χ3n) is 5.51. The Hall–Kier alpha value is -4.64. The van der Waals surface area contributed by atoms with Crippen molar-refractivity contribution in [2.45, 2.75) is 0 Å². The van der Waals surface area contributed by atoms with E-state index < -0.39 is 0 Å². The van der Waals surface area contributed by atoms with Gasteiger partial charge in [0.05, 0.1) is 11.4 Å². The van der Waals surface area contributed by atoms with E-state index in [-0.39, 0.29) is 17.2 Å². The molecule has 5 nitrogen and oxygen atoms in total. The lowest BCUT2D eigenvalue weighted by Crippen LogP contribution is -2.16. The van der Waals surface area contributed by atoms with E-state index in [1.54, 1.807) is 65.4 Å². The number of carbonyl (C=O) groups excluding carboxylic acids is 1. The SMILES string of the molecule is O=C(C=Cc1cccc(O)c1)c1cccc(-n2c(-c3ccc4ccccc4c3)c[nH]c2=O)c1. The molecular weight excluding hydrogens is 412 g/mol. The van der Waals surface area contributed by atoms with Gasteiger partial charge < -0.3 is 10.1 Å². The zero-order valence-corrected chi connectivity index (χ0v) is 17.6. The third kappa shape index (κ3) is 4.12. The van der Waals surface area contributed by atoms with Crippen LogP contribution in [0.15, 0.2) is 108 Å². The summed E-state index contributed by atoms with van der Waals surface area (Å²) in [4.78, 5) is 28.2. The van der Waals surface area contributed by atoms with Crippen LogP contribution >= 0.6 is 0 Å². The standard InChI is InChI=1S/C28H20N2O3/c31-25-10-3-5-19(15-25)11-14-27(32)23-8-4-9-24(17-23)30-26(18-29-28(30)33)22-13-12-20-6-1-2-7-21(20)16-22/h1-18,31H,(H,29,33). The molecule has 0 aliphatic rings. The zero-order valence-electron chi connectivity index (χ0n) is 17.6. The summed E-state index contributed by atoms with van der Waals surface area (Å²) in [6, 6.07) is 27.7. The fourth-order valence-electron chi connectivity index (χ4n) is 3.88. The number of H-pyrrole nitrogens is 1. The van der Waals surface area contributed by atoms with Crippen molar-refractivity contribution in [1.82, 2.24) is 9.55 Å². The Labute approximate surface area is 189 Å². The third-order valence-corrected chi connectivity index (χ3v) is 5.51. The number of carbonyl (C=O) groups is 1. The summed E-state index contributed by atoms with van der Waals surface area (Å²) in [7, 11) is 0. The molecule has 160 valence electrons. The Balaban J connectivity index is 1.51. The lowest BCUT2D eigenvalue weighted by Gasteiger charge is -2.09. The molecule has 0 saturated carbocycles. The molecule has 33 heavy (non-hydrogen) atoms. The average Bonchev–Trinajstić information content (AvgIpc) is 3.23. The molecular formula is C28H20N2O3. The van der Waals surface area contributed by atoms with E-state index in [0.717, 1.165) is 21.9 Å². The highest BCUT2D eigenvalue weighted by Crippen LogP contribution is 2.26. The van der Waals surface area contributed by atoms with E-state index in [0.29, 0.717) is 16.9 Å². The number of aromatic hydroxyl groups is 1. The Kier molecular flexibility index (Phi) is 5.21. The average molecular weight is 432 g/mol. The van der Waals surface area contributed by atoms with Crippen LogP contribution in [0.5, 0.6) is 5.75 Å². The molecule has 0 saturated heterocycles. The minimum absolute atomic E-state index is 0.139. The number of hydrogen-bond acceptors (Lipinski definition) is 3. The number of imidazole rings is 1. The second-order valence-corrected chi connectivity index (χ2v) is 7.72. The molecule has 0 bridgehead atoms. The van der Waals surface area contributed by atoms with Crippen LogP contribution in [0.1, 0.15) is 15.9 Å². The van der Waals surface area contributed by atoms with Gasteiger partial charge in [-0.05, 0) is 52.7 Å². The summed E-state index contributed by atoms with van der Waals surface area (Å²) in [6.45, 7) is 0. The van der Waals surface area contributed by atoms with Crippen LogP contribution in [0.4, 0.5) is 0 Å². The molecule has 0 spiro atoms. The number of allylic oxidation sites excluding steroid dienone is 1. The van der Waals surface area contributed by atoms with E-state index >= 15 is 0 Å². The summed E-state index contributed by atoms with van der Waals surface area (Å²) in [6.07, 6.45) is 4.79. The number of phenolic OH excluding ortho intramolecular Hbond substituents is 1. The molecule has 2 N–H and O–H groups in total. The van der Waals surface area contributed by atoms with Crippen molar-refractivity contribution in [3.8, 4) is 22.7 Å². The van der Waals surface area contributed by atoms with Gasteiger partial charge in [0.15, 0.2) is 5.78 Å². The lowest BCUT2D eigenvalue weighted by atomic mass is 10.0. The quantitative estimate of drug-likeness (QED) is 0.281. The predicted octanol–water partition coefficient (Wildman–Crippen LogP) is 5.59. The van der Waals surface area contributed by atoms with Gasteiger partial charge in [-0.2, -0.15) is 0 Å². The van der Waals surface area contributed by atoms with Gasteiger partial charge in [-0.25, -0.2) is 4.79 Å². The highest BCUT2D eigenvalue weighted by atomic mass is 16.3. The van der Waals surface area contributed by atoms with Crippen molar-refractivity contribution in [2.75, 3.05) is 0 Å². The number of nitrogens with one attached hydrogen (secondary N) is 1. The van der Waals surface area contributed by atoms with E-state index in [4.69, 9.17) is 0 Å². The van der Waals surface area contributed by atoms with Crippen LogP contribution in [0.2, 0.25) is 0 Å². The highest BCUT2D eigenvalue weighted by Gasteiger charge is 2.13. The monoisotopic (exact) mass is 432 g/mol. The predicted molar refractivity (Wildman–Crippen MR) is 131 cm³/mol. The van der Waals surface area contributed by atoms with Gasteiger partial charge >= 0.3 is 5.69 Å². The summed E-state index contributed by atoms with van der Waals surface area (Å²) in [5.74, 6) is -0.0596.